The standard InChI is InChI=1S/C40H47NO4/c1-3-44-37(42)28-31-30-18-10-11-20-32(30)39(24-14-6-15-25-39)33(31)19-8-5-9-23-36-40(26-16-7-17-27-40)34-21-12-13-22-35(34)41(36)29-38(43)45-4-2/h5,8-13,18-23H,3-4,6-7,14-17,24-29H2,1-2H3/b9-5+,19-8+,36-23-. The minimum Gasteiger partial charge on any atom is -0.466 e. The highest BCUT2D eigenvalue weighted by Crippen LogP contribution is 2.56. The summed E-state index contributed by atoms with van der Waals surface area (Å²) in [5.74, 6) is -0.365. The van der Waals surface area contributed by atoms with Crippen LogP contribution in [-0.2, 0) is 29.9 Å². The summed E-state index contributed by atoms with van der Waals surface area (Å²) in [5.41, 5.74) is 8.49. The molecule has 2 aromatic carbocycles. The van der Waals surface area contributed by atoms with Crippen LogP contribution >= 0.6 is 0 Å². The number of carbonyl (C=O) groups is 2. The quantitative estimate of drug-likeness (QED) is 0.211. The lowest BCUT2D eigenvalue weighted by molar-refractivity contribution is -0.142. The minimum atomic E-state index is -0.199. The molecule has 0 atom stereocenters. The zero-order valence-electron chi connectivity index (χ0n) is 27.0. The average molecular weight is 606 g/mol. The third-order valence-corrected chi connectivity index (χ3v) is 10.5. The monoisotopic (exact) mass is 605 g/mol. The molecule has 2 spiro atoms. The van der Waals surface area contributed by atoms with Crippen LogP contribution in [-0.4, -0.2) is 31.7 Å². The molecule has 4 aliphatic rings. The van der Waals surface area contributed by atoms with Crippen LogP contribution in [0.15, 0.2) is 90.2 Å². The number of benzene rings is 2. The number of ether oxygens (including phenoxy) is 2. The zero-order valence-corrected chi connectivity index (χ0v) is 27.0. The van der Waals surface area contributed by atoms with Gasteiger partial charge in [-0.05, 0) is 79.5 Å². The van der Waals surface area contributed by atoms with E-state index in [-0.39, 0.29) is 29.3 Å². The van der Waals surface area contributed by atoms with Crippen molar-refractivity contribution in [3.05, 3.63) is 107 Å². The van der Waals surface area contributed by atoms with Gasteiger partial charge in [-0.25, -0.2) is 0 Å². The molecule has 1 heterocycles. The Kier molecular flexibility index (Phi) is 9.44. The van der Waals surface area contributed by atoms with Gasteiger partial charge in [0, 0.05) is 22.2 Å². The van der Waals surface area contributed by atoms with Crippen LogP contribution in [0.3, 0.4) is 0 Å². The van der Waals surface area contributed by atoms with E-state index in [1.165, 1.54) is 66.5 Å². The molecule has 45 heavy (non-hydrogen) atoms. The molecular formula is C40H47NO4. The molecule has 3 aliphatic carbocycles. The van der Waals surface area contributed by atoms with E-state index in [1.54, 1.807) is 0 Å². The SMILES string of the molecule is CCOC(=O)CC1=C(/C=C/C=C/C=C2\N(CC(=O)OCC)c3ccccc3C23CCCCC3)C2(CCCCC2)c2ccccc21. The van der Waals surface area contributed by atoms with Crippen LogP contribution in [0.1, 0.15) is 101 Å². The Bertz CT molecular complexity index is 1530. The van der Waals surface area contributed by atoms with Crippen LogP contribution in [0.25, 0.3) is 5.57 Å². The van der Waals surface area contributed by atoms with Gasteiger partial charge >= 0.3 is 11.9 Å². The van der Waals surface area contributed by atoms with Crippen molar-refractivity contribution in [1.29, 1.82) is 0 Å². The number of para-hydroxylation sites is 1. The first-order chi connectivity index (χ1) is 22.0. The Morgan fingerprint density at radius 3 is 2.07 bits per heavy atom. The highest BCUT2D eigenvalue weighted by atomic mass is 16.5. The summed E-state index contributed by atoms with van der Waals surface area (Å²) in [6.07, 6.45) is 22.8. The van der Waals surface area contributed by atoms with Gasteiger partial charge in [-0.1, -0.05) is 105 Å². The fourth-order valence-electron chi connectivity index (χ4n) is 8.68. The van der Waals surface area contributed by atoms with Gasteiger partial charge in [-0.15, -0.1) is 0 Å². The molecule has 236 valence electrons. The predicted molar refractivity (Wildman–Crippen MR) is 181 cm³/mol. The number of fused-ring (bicyclic) bond motifs is 4. The predicted octanol–water partition coefficient (Wildman–Crippen LogP) is 8.89. The first kappa shape index (κ1) is 31.1. The van der Waals surface area contributed by atoms with Gasteiger partial charge < -0.3 is 14.4 Å². The van der Waals surface area contributed by atoms with Gasteiger partial charge in [-0.3, -0.25) is 9.59 Å². The number of esters is 2. The van der Waals surface area contributed by atoms with Crippen LogP contribution < -0.4 is 4.90 Å². The number of anilines is 1. The molecule has 5 nitrogen and oxygen atoms in total. The van der Waals surface area contributed by atoms with E-state index in [9.17, 15) is 9.59 Å². The van der Waals surface area contributed by atoms with Crippen molar-refractivity contribution in [1.82, 2.24) is 0 Å². The third kappa shape index (κ3) is 5.82. The van der Waals surface area contributed by atoms with E-state index in [0.29, 0.717) is 19.6 Å². The van der Waals surface area contributed by atoms with Crippen LogP contribution in [0.5, 0.6) is 0 Å². The molecule has 0 N–H and O–H groups in total. The van der Waals surface area contributed by atoms with Gasteiger partial charge in [0.15, 0.2) is 0 Å². The summed E-state index contributed by atoms with van der Waals surface area (Å²) in [6.45, 7) is 4.71. The number of hydrogen-bond donors (Lipinski definition) is 0. The topological polar surface area (TPSA) is 55.8 Å². The van der Waals surface area contributed by atoms with E-state index in [4.69, 9.17) is 9.47 Å². The zero-order chi connectivity index (χ0) is 31.3. The number of nitrogens with zero attached hydrogens (tertiary/aromatic N) is 1. The molecule has 0 amide bonds. The summed E-state index contributed by atoms with van der Waals surface area (Å²) in [7, 11) is 0. The van der Waals surface area contributed by atoms with Crippen LogP contribution in [0.4, 0.5) is 5.69 Å². The molecule has 0 saturated heterocycles. The highest BCUT2D eigenvalue weighted by Gasteiger charge is 2.48. The van der Waals surface area contributed by atoms with Gasteiger partial charge in [0.25, 0.3) is 0 Å². The lowest BCUT2D eigenvalue weighted by Gasteiger charge is -2.37. The van der Waals surface area contributed by atoms with E-state index < -0.39 is 0 Å². The molecule has 2 aromatic rings. The van der Waals surface area contributed by atoms with Crippen molar-refractivity contribution in [2.75, 3.05) is 24.7 Å². The second-order valence-electron chi connectivity index (χ2n) is 12.9. The Labute approximate surface area is 268 Å². The lowest BCUT2D eigenvalue weighted by Crippen LogP contribution is -2.36. The smallest absolute Gasteiger partial charge is 0.325 e. The molecule has 2 fully saturated rings. The van der Waals surface area contributed by atoms with Crippen molar-refractivity contribution in [3.8, 4) is 0 Å². The molecule has 0 bridgehead atoms. The second kappa shape index (κ2) is 13.6. The maximum absolute atomic E-state index is 12.8. The van der Waals surface area contributed by atoms with Gasteiger partial charge in [0.1, 0.15) is 6.54 Å². The largest absolute Gasteiger partial charge is 0.466 e. The summed E-state index contributed by atoms with van der Waals surface area (Å²) < 4.78 is 10.8. The molecule has 5 heteroatoms. The molecule has 0 radical (unpaired) electrons. The first-order valence-corrected chi connectivity index (χ1v) is 17.1. The second-order valence-corrected chi connectivity index (χ2v) is 12.9. The molecule has 2 saturated carbocycles. The van der Waals surface area contributed by atoms with E-state index in [1.807, 2.05) is 13.8 Å². The number of hydrogen-bond acceptors (Lipinski definition) is 5. The normalized spacial score (nSPS) is 20.8. The fourth-order valence-corrected chi connectivity index (χ4v) is 8.68. The van der Waals surface area contributed by atoms with Crippen LogP contribution in [0.2, 0.25) is 0 Å². The van der Waals surface area contributed by atoms with E-state index in [0.717, 1.165) is 36.9 Å². The van der Waals surface area contributed by atoms with Crippen molar-refractivity contribution in [3.63, 3.8) is 0 Å². The molecule has 0 aromatic heterocycles. The lowest BCUT2D eigenvalue weighted by atomic mass is 9.67. The Morgan fingerprint density at radius 2 is 1.36 bits per heavy atom. The van der Waals surface area contributed by atoms with Crippen LogP contribution in [0, 0.1) is 0 Å². The minimum absolute atomic E-state index is 0.0465. The maximum Gasteiger partial charge on any atom is 0.325 e. The summed E-state index contributed by atoms with van der Waals surface area (Å²) in [5, 5.41) is 0. The Balaban J connectivity index is 1.36. The third-order valence-electron chi connectivity index (χ3n) is 10.5. The van der Waals surface area contributed by atoms with Crippen molar-refractivity contribution >= 4 is 23.2 Å². The number of rotatable bonds is 9. The maximum atomic E-state index is 12.8. The molecule has 0 unspecified atom stereocenters. The first-order valence-electron chi connectivity index (χ1n) is 17.1. The van der Waals surface area contributed by atoms with Gasteiger partial charge in [-0.2, -0.15) is 0 Å². The summed E-state index contributed by atoms with van der Waals surface area (Å²) >= 11 is 0. The highest BCUT2D eigenvalue weighted by molar-refractivity contribution is 5.92. The Hall–Kier alpha value is -3.86. The number of carbonyl (C=O) groups excluding carboxylic acids is 2. The summed E-state index contributed by atoms with van der Waals surface area (Å²) in [4.78, 5) is 27.8. The molecule has 1 aliphatic heterocycles. The van der Waals surface area contributed by atoms with E-state index in [2.05, 4.69) is 83.8 Å². The average Bonchev–Trinajstić information content (AvgIpc) is 3.44. The summed E-state index contributed by atoms with van der Waals surface area (Å²) in [6, 6.07) is 17.3. The van der Waals surface area contributed by atoms with Gasteiger partial charge in [0.05, 0.1) is 19.6 Å². The van der Waals surface area contributed by atoms with Crippen molar-refractivity contribution in [2.24, 2.45) is 0 Å². The number of allylic oxidation sites excluding steroid dienone is 7. The Morgan fingerprint density at radius 1 is 0.733 bits per heavy atom. The molecule has 6 rings (SSSR count). The fraction of sp³-hybridized carbons (Fsp3) is 0.450. The van der Waals surface area contributed by atoms with E-state index >= 15 is 0 Å². The van der Waals surface area contributed by atoms with Crippen molar-refractivity contribution in [2.45, 2.75) is 95.3 Å². The van der Waals surface area contributed by atoms with Gasteiger partial charge in [0.2, 0.25) is 0 Å². The van der Waals surface area contributed by atoms with Crippen molar-refractivity contribution < 1.29 is 19.1 Å². The molecular weight excluding hydrogens is 558 g/mol.